The molecule has 0 aromatic carbocycles. The molecule has 2 rings (SSSR count). The molecule has 2 aliphatic carbocycles. The zero-order valence-electron chi connectivity index (χ0n) is 16.6. The van der Waals surface area contributed by atoms with Gasteiger partial charge in [0.1, 0.15) is 0 Å². The molecule has 2 saturated carbocycles. The molecule has 0 aromatic heterocycles. The van der Waals surface area contributed by atoms with Crippen LogP contribution in [0.4, 0.5) is 0 Å². The molecule has 142 valence electrons. The molecule has 24 heavy (non-hydrogen) atoms. The normalized spacial score (nSPS) is 32.6. The zero-order chi connectivity index (χ0) is 17.2. The summed E-state index contributed by atoms with van der Waals surface area (Å²) < 4.78 is 12.1. The van der Waals surface area contributed by atoms with E-state index in [9.17, 15) is 0 Å². The van der Waals surface area contributed by atoms with Crippen molar-refractivity contribution in [3.8, 4) is 0 Å². The lowest BCUT2D eigenvalue weighted by Gasteiger charge is -2.34. The van der Waals surface area contributed by atoms with Gasteiger partial charge in [-0.3, -0.25) is 0 Å². The molecule has 0 aromatic rings. The fraction of sp³-hybridized carbons (Fsp3) is 1.00. The monoisotopic (exact) mass is 338 g/mol. The van der Waals surface area contributed by atoms with E-state index in [0.29, 0.717) is 12.2 Å². The van der Waals surface area contributed by atoms with Crippen LogP contribution < -0.4 is 0 Å². The van der Waals surface area contributed by atoms with E-state index in [4.69, 9.17) is 9.47 Å². The summed E-state index contributed by atoms with van der Waals surface area (Å²) in [4.78, 5) is 0. The Labute approximate surface area is 151 Å². The van der Waals surface area contributed by atoms with Crippen molar-refractivity contribution in [1.29, 1.82) is 0 Å². The predicted molar refractivity (Wildman–Crippen MR) is 102 cm³/mol. The van der Waals surface area contributed by atoms with Crippen LogP contribution in [-0.4, -0.2) is 25.4 Å². The number of ether oxygens (including phenoxy) is 2. The van der Waals surface area contributed by atoms with Gasteiger partial charge in [0, 0.05) is 13.2 Å². The molecular formula is C22H42O2. The summed E-state index contributed by atoms with van der Waals surface area (Å²) in [6.45, 7) is 8.73. The van der Waals surface area contributed by atoms with Crippen LogP contribution in [-0.2, 0) is 9.47 Å². The maximum atomic E-state index is 6.17. The molecule has 0 radical (unpaired) electrons. The Bertz CT molecular complexity index is 301. The maximum absolute atomic E-state index is 6.17. The van der Waals surface area contributed by atoms with Crippen LogP contribution in [0.2, 0.25) is 0 Å². The molecule has 1 atom stereocenters. The second-order valence-electron chi connectivity index (χ2n) is 8.62. The fourth-order valence-corrected chi connectivity index (χ4v) is 4.70. The smallest absolute Gasteiger partial charge is 0.0575 e. The molecule has 0 heterocycles. The number of hydrogen-bond donors (Lipinski definition) is 0. The van der Waals surface area contributed by atoms with Gasteiger partial charge in [-0.15, -0.1) is 0 Å². The Hall–Kier alpha value is -0.0800. The van der Waals surface area contributed by atoms with Gasteiger partial charge in [-0.05, 0) is 88.4 Å². The molecule has 2 aliphatic rings. The lowest BCUT2D eigenvalue weighted by atomic mass is 9.76. The Balaban J connectivity index is 1.55. The second-order valence-corrected chi connectivity index (χ2v) is 8.62. The molecule has 0 aliphatic heterocycles. The highest BCUT2D eigenvalue weighted by Crippen LogP contribution is 2.36. The van der Waals surface area contributed by atoms with Crippen molar-refractivity contribution in [2.45, 2.75) is 110 Å². The number of hydrogen-bond acceptors (Lipinski definition) is 2. The van der Waals surface area contributed by atoms with Gasteiger partial charge in [0.05, 0.1) is 12.2 Å². The van der Waals surface area contributed by atoms with Gasteiger partial charge in [-0.1, -0.05) is 27.2 Å². The highest BCUT2D eigenvalue weighted by Gasteiger charge is 2.27. The summed E-state index contributed by atoms with van der Waals surface area (Å²) in [7, 11) is 0. The molecule has 0 amide bonds. The third kappa shape index (κ3) is 7.44. The first-order valence-corrected chi connectivity index (χ1v) is 10.9. The van der Waals surface area contributed by atoms with Gasteiger partial charge >= 0.3 is 0 Å². The molecule has 2 heteroatoms. The Morgan fingerprint density at radius 2 is 1.29 bits per heavy atom. The molecule has 0 saturated heterocycles. The summed E-state index contributed by atoms with van der Waals surface area (Å²) in [6.07, 6.45) is 17.2. The van der Waals surface area contributed by atoms with Crippen LogP contribution >= 0.6 is 0 Å². The minimum atomic E-state index is 0.554. The van der Waals surface area contributed by atoms with E-state index in [0.717, 1.165) is 37.4 Å². The van der Waals surface area contributed by atoms with E-state index in [1.54, 1.807) is 0 Å². The van der Waals surface area contributed by atoms with Crippen molar-refractivity contribution in [1.82, 2.24) is 0 Å². The van der Waals surface area contributed by atoms with Gasteiger partial charge in [0.15, 0.2) is 0 Å². The van der Waals surface area contributed by atoms with Crippen molar-refractivity contribution in [3.05, 3.63) is 0 Å². The number of rotatable bonds is 10. The summed E-state index contributed by atoms with van der Waals surface area (Å²) in [5.41, 5.74) is 0. The largest absolute Gasteiger partial charge is 0.378 e. The van der Waals surface area contributed by atoms with Crippen LogP contribution in [0.1, 0.15) is 97.8 Å². The van der Waals surface area contributed by atoms with E-state index in [2.05, 4.69) is 20.8 Å². The molecule has 0 spiro atoms. The first-order valence-electron chi connectivity index (χ1n) is 10.9. The third-order valence-electron chi connectivity index (χ3n) is 6.21. The molecular weight excluding hydrogens is 296 g/mol. The van der Waals surface area contributed by atoms with Crippen molar-refractivity contribution >= 4 is 0 Å². The summed E-state index contributed by atoms with van der Waals surface area (Å²) in [6, 6.07) is 0. The van der Waals surface area contributed by atoms with Crippen molar-refractivity contribution < 1.29 is 9.47 Å². The van der Waals surface area contributed by atoms with Gasteiger partial charge in [-0.2, -0.15) is 0 Å². The van der Waals surface area contributed by atoms with E-state index < -0.39 is 0 Å². The first kappa shape index (κ1) is 20.2. The van der Waals surface area contributed by atoms with Gasteiger partial charge in [0.25, 0.3) is 0 Å². The van der Waals surface area contributed by atoms with Crippen molar-refractivity contribution in [2.75, 3.05) is 13.2 Å². The summed E-state index contributed by atoms with van der Waals surface area (Å²) in [5, 5.41) is 0. The highest BCUT2D eigenvalue weighted by atomic mass is 16.5. The maximum Gasteiger partial charge on any atom is 0.0575 e. The highest BCUT2D eigenvalue weighted by molar-refractivity contribution is 4.79. The third-order valence-corrected chi connectivity index (χ3v) is 6.21. The Kier molecular flexibility index (Phi) is 9.71. The van der Waals surface area contributed by atoms with E-state index in [1.165, 1.54) is 70.6 Å². The van der Waals surface area contributed by atoms with E-state index in [1.807, 2.05) is 0 Å². The SMILES string of the molecule is CCCOC1CCC(CC2CCC(OCC(C)CCC)CC2)CC1. The molecule has 2 fully saturated rings. The summed E-state index contributed by atoms with van der Waals surface area (Å²) >= 11 is 0. The minimum absolute atomic E-state index is 0.554. The molecule has 0 bridgehead atoms. The lowest BCUT2D eigenvalue weighted by molar-refractivity contribution is -0.00601. The predicted octanol–water partition coefficient (Wildman–Crippen LogP) is 6.37. The summed E-state index contributed by atoms with van der Waals surface area (Å²) in [5.74, 6) is 2.67. The topological polar surface area (TPSA) is 18.5 Å². The Morgan fingerprint density at radius 1 is 0.750 bits per heavy atom. The lowest BCUT2D eigenvalue weighted by Crippen LogP contribution is -2.27. The van der Waals surface area contributed by atoms with Crippen LogP contribution in [0.3, 0.4) is 0 Å². The molecule has 2 nitrogen and oxygen atoms in total. The minimum Gasteiger partial charge on any atom is -0.378 e. The van der Waals surface area contributed by atoms with Crippen LogP contribution in [0.15, 0.2) is 0 Å². The van der Waals surface area contributed by atoms with Gasteiger partial charge < -0.3 is 9.47 Å². The second kappa shape index (κ2) is 11.5. The Morgan fingerprint density at radius 3 is 1.79 bits per heavy atom. The molecule has 0 N–H and O–H groups in total. The molecule has 1 unspecified atom stereocenters. The average Bonchev–Trinajstić information content (AvgIpc) is 2.61. The van der Waals surface area contributed by atoms with Crippen LogP contribution in [0.5, 0.6) is 0 Å². The van der Waals surface area contributed by atoms with E-state index in [-0.39, 0.29) is 0 Å². The van der Waals surface area contributed by atoms with Gasteiger partial charge in [-0.25, -0.2) is 0 Å². The van der Waals surface area contributed by atoms with Gasteiger partial charge in [0.2, 0.25) is 0 Å². The fourth-order valence-electron chi connectivity index (χ4n) is 4.70. The first-order chi connectivity index (χ1) is 11.7. The van der Waals surface area contributed by atoms with Crippen LogP contribution in [0, 0.1) is 17.8 Å². The van der Waals surface area contributed by atoms with Crippen LogP contribution in [0.25, 0.3) is 0 Å². The average molecular weight is 339 g/mol. The van der Waals surface area contributed by atoms with E-state index >= 15 is 0 Å². The quantitative estimate of drug-likeness (QED) is 0.460. The van der Waals surface area contributed by atoms with Crippen molar-refractivity contribution in [2.24, 2.45) is 17.8 Å². The zero-order valence-corrected chi connectivity index (χ0v) is 16.6. The standard InChI is InChI=1S/C22H42O2/c1-4-6-18(3)17-24-22-13-9-20(10-14-22)16-19-7-11-21(12-8-19)23-15-5-2/h18-22H,4-17H2,1-3H3. The van der Waals surface area contributed by atoms with Crippen molar-refractivity contribution in [3.63, 3.8) is 0 Å².